The summed E-state index contributed by atoms with van der Waals surface area (Å²) in [7, 11) is 0. The molecule has 26 heavy (non-hydrogen) atoms. The minimum absolute atomic E-state index is 0.521. The summed E-state index contributed by atoms with van der Waals surface area (Å²) < 4.78 is 1.78. The third-order valence-electron chi connectivity index (χ3n) is 4.44. The highest BCUT2D eigenvalue weighted by atomic mass is 15.2. The number of benzene rings is 2. The van der Waals surface area contributed by atoms with E-state index < -0.39 is 0 Å². The van der Waals surface area contributed by atoms with Crippen LogP contribution in [0.25, 0.3) is 16.8 Å². The van der Waals surface area contributed by atoms with Crippen molar-refractivity contribution in [2.45, 2.75) is 19.8 Å². The van der Waals surface area contributed by atoms with Crippen LogP contribution in [0, 0.1) is 0 Å². The molecule has 3 N–H and O–H groups in total. The first-order valence-corrected chi connectivity index (χ1v) is 8.67. The maximum atomic E-state index is 5.79. The van der Waals surface area contributed by atoms with E-state index in [0.29, 0.717) is 5.92 Å². The van der Waals surface area contributed by atoms with Gasteiger partial charge in [-0.05, 0) is 47.4 Å². The number of aromatic nitrogens is 3. The average Bonchev–Trinajstić information content (AvgIpc) is 3.06. The van der Waals surface area contributed by atoms with Crippen LogP contribution >= 0.6 is 0 Å². The molecule has 5 heteroatoms. The van der Waals surface area contributed by atoms with Gasteiger partial charge in [0.2, 0.25) is 0 Å². The summed E-state index contributed by atoms with van der Waals surface area (Å²) in [4.78, 5) is 4.74. The van der Waals surface area contributed by atoms with Gasteiger partial charge in [-0.25, -0.2) is 9.50 Å². The van der Waals surface area contributed by atoms with Crippen molar-refractivity contribution in [2.75, 3.05) is 11.1 Å². The van der Waals surface area contributed by atoms with Gasteiger partial charge < -0.3 is 11.1 Å². The molecule has 0 aliphatic heterocycles. The van der Waals surface area contributed by atoms with E-state index in [-0.39, 0.29) is 0 Å². The summed E-state index contributed by atoms with van der Waals surface area (Å²) in [6.45, 7) is 4.38. The molecule has 0 amide bonds. The third kappa shape index (κ3) is 3.11. The normalized spacial score (nSPS) is 11.2. The molecule has 130 valence electrons. The lowest BCUT2D eigenvalue weighted by atomic mass is 10.0. The number of nitrogens with two attached hydrogens (primary N) is 1. The summed E-state index contributed by atoms with van der Waals surface area (Å²) in [5.41, 5.74) is 11.7. The quantitative estimate of drug-likeness (QED) is 0.520. The molecule has 2 heterocycles. The Kier molecular flexibility index (Phi) is 4.05. The zero-order chi connectivity index (χ0) is 18.1. The van der Waals surface area contributed by atoms with Crippen LogP contribution in [-0.4, -0.2) is 14.6 Å². The number of nitrogens with zero attached hydrogens (tertiary/aromatic N) is 3. The molecule has 0 fully saturated rings. The Labute approximate surface area is 152 Å². The summed E-state index contributed by atoms with van der Waals surface area (Å²) in [5.74, 6) is 1.31. The van der Waals surface area contributed by atoms with E-state index in [1.54, 1.807) is 4.52 Å². The largest absolute Gasteiger partial charge is 0.399 e. The van der Waals surface area contributed by atoms with Gasteiger partial charge in [0.05, 0.1) is 6.20 Å². The average molecular weight is 343 g/mol. The van der Waals surface area contributed by atoms with Crippen LogP contribution in [0.2, 0.25) is 0 Å². The molecule has 5 nitrogen and oxygen atoms in total. The molecule has 0 spiro atoms. The Hall–Kier alpha value is -3.34. The fourth-order valence-electron chi connectivity index (χ4n) is 2.90. The predicted octanol–water partition coefficient (Wildman–Crippen LogP) is 4.85. The van der Waals surface area contributed by atoms with Crippen molar-refractivity contribution in [3.05, 3.63) is 72.6 Å². The molecular formula is C21H21N5. The van der Waals surface area contributed by atoms with Crippen LogP contribution in [0.4, 0.5) is 17.2 Å². The smallest absolute Gasteiger partial charge is 0.165 e. The van der Waals surface area contributed by atoms with Crippen LogP contribution in [0.15, 0.2) is 67.0 Å². The van der Waals surface area contributed by atoms with E-state index in [2.05, 4.69) is 48.5 Å². The lowest BCUT2D eigenvalue weighted by molar-refractivity contribution is 0.867. The van der Waals surface area contributed by atoms with Gasteiger partial charge in [0, 0.05) is 23.1 Å². The molecule has 0 aliphatic rings. The summed E-state index contributed by atoms with van der Waals surface area (Å²) in [6.07, 6.45) is 3.74. The Morgan fingerprint density at radius 3 is 2.38 bits per heavy atom. The van der Waals surface area contributed by atoms with Crippen molar-refractivity contribution in [3.63, 3.8) is 0 Å². The number of nitrogens with one attached hydrogen (secondary N) is 1. The standard InChI is InChI=1S/C21H21N5/c1-14(2)15-5-9-18(10-6-15)24-20-11-12-26-21(25-20)19(13-23-26)16-3-7-17(22)8-4-16/h3-14H,22H2,1-2H3,(H,24,25). The summed E-state index contributed by atoms with van der Waals surface area (Å²) in [6, 6.07) is 18.1. The fraction of sp³-hybridized carbons (Fsp3) is 0.143. The van der Waals surface area contributed by atoms with Gasteiger partial charge in [0.15, 0.2) is 5.65 Å². The first kappa shape index (κ1) is 16.1. The van der Waals surface area contributed by atoms with Gasteiger partial charge >= 0.3 is 0 Å². The van der Waals surface area contributed by atoms with E-state index in [0.717, 1.165) is 34.0 Å². The topological polar surface area (TPSA) is 68.2 Å². The zero-order valence-corrected chi connectivity index (χ0v) is 14.8. The van der Waals surface area contributed by atoms with E-state index >= 15 is 0 Å². The van der Waals surface area contributed by atoms with Crippen molar-refractivity contribution in [2.24, 2.45) is 0 Å². The Morgan fingerprint density at radius 2 is 1.69 bits per heavy atom. The lowest BCUT2D eigenvalue weighted by Gasteiger charge is -2.09. The zero-order valence-electron chi connectivity index (χ0n) is 14.8. The van der Waals surface area contributed by atoms with Crippen LogP contribution < -0.4 is 11.1 Å². The summed E-state index contributed by atoms with van der Waals surface area (Å²) in [5, 5.41) is 7.76. The SMILES string of the molecule is CC(C)c1ccc(Nc2ccn3ncc(-c4ccc(N)cc4)c3n2)cc1. The highest BCUT2D eigenvalue weighted by molar-refractivity contribution is 5.78. The van der Waals surface area contributed by atoms with E-state index in [1.165, 1.54) is 5.56 Å². The van der Waals surface area contributed by atoms with Gasteiger partial charge in [0.1, 0.15) is 5.82 Å². The number of nitrogen functional groups attached to an aromatic ring is 1. The molecule has 0 aliphatic carbocycles. The third-order valence-corrected chi connectivity index (χ3v) is 4.44. The van der Waals surface area contributed by atoms with Gasteiger partial charge in [-0.2, -0.15) is 5.10 Å². The fourth-order valence-corrected chi connectivity index (χ4v) is 2.90. The Balaban J connectivity index is 1.66. The van der Waals surface area contributed by atoms with Crippen LogP contribution in [-0.2, 0) is 0 Å². The second-order valence-electron chi connectivity index (χ2n) is 6.66. The first-order chi connectivity index (χ1) is 12.6. The second-order valence-corrected chi connectivity index (χ2v) is 6.66. The van der Waals surface area contributed by atoms with Crippen LogP contribution in [0.5, 0.6) is 0 Å². The molecule has 4 aromatic rings. The number of rotatable bonds is 4. The molecule has 2 aromatic heterocycles. The highest BCUT2D eigenvalue weighted by Crippen LogP contribution is 2.26. The maximum Gasteiger partial charge on any atom is 0.165 e. The number of hydrogen-bond acceptors (Lipinski definition) is 4. The molecule has 0 atom stereocenters. The lowest BCUT2D eigenvalue weighted by Crippen LogP contribution is -1.98. The molecule has 0 radical (unpaired) electrons. The van der Waals surface area contributed by atoms with Crippen LogP contribution in [0.1, 0.15) is 25.3 Å². The van der Waals surface area contributed by atoms with Gasteiger partial charge in [-0.1, -0.05) is 38.1 Å². The van der Waals surface area contributed by atoms with Crippen molar-refractivity contribution in [1.29, 1.82) is 0 Å². The van der Waals surface area contributed by atoms with Gasteiger partial charge in [0.25, 0.3) is 0 Å². The molecule has 0 saturated heterocycles. The van der Waals surface area contributed by atoms with Crippen molar-refractivity contribution >= 4 is 22.8 Å². The monoisotopic (exact) mass is 343 g/mol. The van der Waals surface area contributed by atoms with Gasteiger partial charge in [-0.15, -0.1) is 0 Å². The van der Waals surface area contributed by atoms with Crippen molar-refractivity contribution in [1.82, 2.24) is 14.6 Å². The number of anilines is 3. The molecule has 0 saturated carbocycles. The van der Waals surface area contributed by atoms with E-state index in [9.17, 15) is 0 Å². The van der Waals surface area contributed by atoms with Crippen molar-refractivity contribution in [3.8, 4) is 11.1 Å². The Morgan fingerprint density at radius 1 is 0.962 bits per heavy atom. The van der Waals surface area contributed by atoms with Crippen molar-refractivity contribution < 1.29 is 0 Å². The van der Waals surface area contributed by atoms with Gasteiger partial charge in [-0.3, -0.25) is 0 Å². The van der Waals surface area contributed by atoms with E-state index in [1.807, 2.05) is 42.7 Å². The maximum absolute atomic E-state index is 5.79. The molecule has 0 bridgehead atoms. The minimum atomic E-state index is 0.521. The second kappa shape index (κ2) is 6.52. The minimum Gasteiger partial charge on any atom is -0.399 e. The first-order valence-electron chi connectivity index (χ1n) is 8.67. The predicted molar refractivity (Wildman–Crippen MR) is 107 cm³/mol. The molecule has 0 unspecified atom stereocenters. The van der Waals surface area contributed by atoms with E-state index in [4.69, 9.17) is 10.7 Å². The highest BCUT2D eigenvalue weighted by Gasteiger charge is 2.09. The number of fused-ring (bicyclic) bond motifs is 1. The molecule has 4 rings (SSSR count). The molecular weight excluding hydrogens is 322 g/mol. The number of hydrogen-bond donors (Lipinski definition) is 2. The summed E-state index contributed by atoms with van der Waals surface area (Å²) >= 11 is 0. The molecule has 2 aromatic carbocycles. The van der Waals surface area contributed by atoms with Crippen LogP contribution in [0.3, 0.4) is 0 Å². The Bertz CT molecular complexity index is 1030.